The number of hydrogen-bond acceptors (Lipinski definition) is 4. The van der Waals surface area contributed by atoms with Crippen molar-refractivity contribution in [3.63, 3.8) is 0 Å². The Kier molecular flexibility index (Phi) is 4.43. The average molecular weight is 330 g/mol. The highest BCUT2D eigenvalue weighted by Gasteiger charge is 2.28. The second-order valence-corrected chi connectivity index (χ2v) is 6.60. The number of aromatic nitrogens is 2. The molecule has 21 heavy (non-hydrogen) atoms. The van der Waals surface area contributed by atoms with Crippen molar-refractivity contribution >= 4 is 27.3 Å². The Morgan fingerprint density at radius 1 is 1.33 bits per heavy atom. The molecule has 0 saturated carbocycles. The molecule has 1 N–H and O–H groups in total. The first-order chi connectivity index (χ1) is 9.91. The molecular formula is C13H16ClN3O3S. The lowest BCUT2D eigenvalue weighted by atomic mass is 10.3. The fourth-order valence-corrected chi connectivity index (χ4v) is 3.76. The maximum Gasteiger partial charge on any atom is 0.267 e. The zero-order valence-corrected chi connectivity index (χ0v) is 13.5. The highest BCUT2D eigenvalue weighted by atomic mass is 35.5. The standard InChI is InChI=1S/C13H16ClN3O3S/c1-9-13(12(8-14)16-15-9)21(18,19)17(2)10-4-6-11(20-3)7-5-10/h4-7H,8H2,1-3H3,(H,15,16). The van der Waals surface area contributed by atoms with Crippen LogP contribution in [0.2, 0.25) is 0 Å². The zero-order chi connectivity index (χ0) is 15.6. The Hall–Kier alpha value is -1.73. The first kappa shape index (κ1) is 15.7. The number of rotatable bonds is 5. The molecule has 1 aromatic carbocycles. The van der Waals surface area contributed by atoms with Crippen LogP contribution in [0.15, 0.2) is 29.2 Å². The van der Waals surface area contributed by atoms with Crippen LogP contribution in [0.1, 0.15) is 11.4 Å². The van der Waals surface area contributed by atoms with Gasteiger partial charge in [0.15, 0.2) is 0 Å². The van der Waals surface area contributed by atoms with Crippen LogP contribution in [0.3, 0.4) is 0 Å². The summed E-state index contributed by atoms with van der Waals surface area (Å²) < 4.78 is 31.7. The molecule has 6 nitrogen and oxygen atoms in total. The number of alkyl halides is 1. The number of sulfonamides is 1. The summed E-state index contributed by atoms with van der Waals surface area (Å²) in [6, 6.07) is 6.75. The summed E-state index contributed by atoms with van der Waals surface area (Å²) in [5, 5.41) is 6.58. The summed E-state index contributed by atoms with van der Waals surface area (Å²) in [4.78, 5) is 0.121. The number of hydrogen-bond donors (Lipinski definition) is 1. The smallest absolute Gasteiger partial charge is 0.267 e. The normalized spacial score (nSPS) is 11.4. The third kappa shape index (κ3) is 2.84. The minimum absolute atomic E-state index is 0.0232. The predicted molar refractivity (Wildman–Crippen MR) is 81.5 cm³/mol. The van der Waals surface area contributed by atoms with Gasteiger partial charge in [-0.2, -0.15) is 5.10 Å². The lowest BCUT2D eigenvalue weighted by molar-refractivity contribution is 0.415. The Morgan fingerprint density at radius 3 is 2.48 bits per heavy atom. The Bertz CT molecular complexity index is 726. The number of halogens is 1. The third-order valence-corrected chi connectivity index (χ3v) is 5.39. The molecule has 114 valence electrons. The van der Waals surface area contributed by atoms with Gasteiger partial charge >= 0.3 is 0 Å². The lowest BCUT2D eigenvalue weighted by Gasteiger charge is -2.20. The van der Waals surface area contributed by atoms with E-state index in [1.54, 1.807) is 38.3 Å². The maximum atomic E-state index is 12.7. The summed E-state index contributed by atoms with van der Waals surface area (Å²) in [5.41, 5.74) is 1.30. The van der Waals surface area contributed by atoms with E-state index in [0.717, 1.165) is 0 Å². The van der Waals surface area contributed by atoms with Gasteiger partial charge in [0.2, 0.25) is 0 Å². The van der Waals surface area contributed by atoms with Gasteiger partial charge in [-0.05, 0) is 31.2 Å². The largest absolute Gasteiger partial charge is 0.497 e. The molecule has 2 aromatic rings. The minimum atomic E-state index is -3.73. The van der Waals surface area contributed by atoms with E-state index in [2.05, 4.69) is 10.2 Å². The van der Waals surface area contributed by atoms with Crippen LogP contribution in [0.5, 0.6) is 5.75 Å². The van der Waals surface area contributed by atoms with Crippen LogP contribution in [0.4, 0.5) is 5.69 Å². The number of aromatic amines is 1. The summed E-state index contributed by atoms with van der Waals surface area (Å²) in [6.45, 7) is 1.65. The van der Waals surface area contributed by atoms with Crippen LogP contribution in [0, 0.1) is 6.92 Å². The number of ether oxygens (including phenoxy) is 1. The van der Waals surface area contributed by atoms with E-state index < -0.39 is 10.0 Å². The van der Waals surface area contributed by atoms with Crippen molar-refractivity contribution in [2.75, 3.05) is 18.5 Å². The molecule has 0 bridgehead atoms. The molecule has 2 rings (SSSR count). The van der Waals surface area contributed by atoms with Gasteiger partial charge < -0.3 is 4.74 Å². The Labute approximate surface area is 128 Å². The van der Waals surface area contributed by atoms with Gasteiger partial charge in [-0.15, -0.1) is 11.6 Å². The zero-order valence-electron chi connectivity index (χ0n) is 11.9. The molecule has 0 fully saturated rings. The maximum absolute atomic E-state index is 12.7. The highest BCUT2D eigenvalue weighted by Crippen LogP contribution is 2.27. The fourth-order valence-electron chi connectivity index (χ4n) is 1.97. The van der Waals surface area contributed by atoms with E-state index in [1.165, 1.54) is 11.4 Å². The summed E-state index contributed by atoms with van der Waals surface area (Å²) >= 11 is 5.76. The summed E-state index contributed by atoms with van der Waals surface area (Å²) in [6.07, 6.45) is 0. The van der Waals surface area contributed by atoms with E-state index in [4.69, 9.17) is 16.3 Å². The van der Waals surface area contributed by atoms with Crippen molar-refractivity contribution in [3.05, 3.63) is 35.7 Å². The summed E-state index contributed by atoms with van der Waals surface area (Å²) in [7, 11) is -0.687. The number of H-pyrrole nitrogens is 1. The van der Waals surface area contributed by atoms with Crippen LogP contribution in [-0.2, 0) is 15.9 Å². The Morgan fingerprint density at radius 2 is 1.95 bits per heavy atom. The molecule has 0 radical (unpaired) electrons. The predicted octanol–water partition coefficient (Wildman–Crippen LogP) is 2.29. The Balaban J connectivity index is 2.44. The quantitative estimate of drug-likeness (QED) is 0.854. The number of benzene rings is 1. The molecule has 0 spiro atoms. The molecule has 0 aliphatic carbocycles. The van der Waals surface area contributed by atoms with Crippen molar-refractivity contribution in [2.45, 2.75) is 17.7 Å². The molecule has 8 heteroatoms. The highest BCUT2D eigenvalue weighted by molar-refractivity contribution is 7.92. The molecule has 1 aromatic heterocycles. The first-order valence-electron chi connectivity index (χ1n) is 6.14. The van der Waals surface area contributed by atoms with Gasteiger partial charge in [-0.3, -0.25) is 9.40 Å². The van der Waals surface area contributed by atoms with Crippen LogP contribution < -0.4 is 9.04 Å². The minimum Gasteiger partial charge on any atom is -0.497 e. The van der Waals surface area contributed by atoms with Gasteiger partial charge in [0.05, 0.1) is 30.1 Å². The molecule has 0 atom stereocenters. The van der Waals surface area contributed by atoms with Gasteiger partial charge in [-0.1, -0.05) is 0 Å². The molecule has 0 aliphatic heterocycles. The van der Waals surface area contributed by atoms with Gasteiger partial charge in [0.1, 0.15) is 10.6 Å². The number of aryl methyl sites for hydroxylation is 1. The number of anilines is 1. The molecule has 0 saturated heterocycles. The van der Waals surface area contributed by atoms with Crippen molar-refractivity contribution in [1.82, 2.24) is 10.2 Å². The second-order valence-electron chi connectivity index (χ2n) is 4.43. The number of nitrogens with one attached hydrogen (secondary N) is 1. The monoisotopic (exact) mass is 329 g/mol. The lowest BCUT2D eigenvalue weighted by Crippen LogP contribution is -2.27. The van der Waals surface area contributed by atoms with E-state index in [-0.39, 0.29) is 10.8 Å². The topological polar surface area (TPSA) is 75.3 Å². The van der Waals surface area contributed by atoms with Gasteiger partial charge in [0.25, 0.3) is 10.0 Å². The van der Waals surface area contributed by atoms with Gasteiger partial charge in [-0.25, -0.2) is 8.42 Å². The van der Waals surface area contributed by atoms with Crippen LogP contribution >= 0.6 is 11.6 Å². The van der Waals surface area contributed by atoms with Gasteiger partial charge in [0, 0.05) is 7.05 Å². The number of methoxy groups -OCH3 is 1. The number of nitrogens with zero attached hydrogens (tertiary/aromatic N) is 2. The SMILES string of the molecule is COc1ccc(N(C)S(=O)(=O)c2c(CCl)n[nH]c2C)cc1. The van der Waals surface area contributed by atoms with Crippen molar-refractivity contribution < 1.29 is 13.2 Å². The van der Waals surface area contributed by atoms with Crippen molar-refractivity contribution in [1.29, 1.82) is 0 Å². The molecule has 0 aliphatic rings. The second kappa shape index (κ2) is 5.95. The van der Waals surface area contributed by atoms with Crippen LogP contribution in [-0.4, -0.2) is 32.8 Å². The molecule has 0 unspecified atom stereocenters. The molecule has 0 amide bonds. The van der Waals surface area contributed by atoms with E-state index in [0.29, 0.717) is 22.8 Å². The summed E-state index contributed by atoms with van der Waals surface area (Å²) in [5.74, 6) is 0.681. The molecular weight excluding hydrogens is 314 g/mol. The van der Waals surface area contributed by atoms with E-state index in [9.17, 15) is 8.42 Å². The van der Waals surface area contributed by atoms with Crippen LogP contribution in [0.25, 0.3) is 0 Å². The van der Waals surface area contributed by atoms with E-state index >= 15 is 0 Å². The third-order valence-electron chi connectivity index (χ3n) is 3.14. The average Bonchev–Trinajstić information content (AvgIpc) is 2.88. The van der Waals surface area contributed by atoms with Crippen molar-refractivity contribution in [2.24, 2.45) is 0 Å². The van der Waals surface area contributed by atoms with Crippen molar-refractivity contribution in [3.8, 4) is 5.75 Å². The first-order valence-corrected chi connectivity index (χ1v) is 8.12. The van der Waals surface area contributed by atoms with E-state index in [1.807, 2.05) is 0 Å². The fraction of sp³-hybridized carbons (Fsp3) is 0.308. The molecule has 1 heterocycles.